The lowest BCUT2D eigenvalue weighted by molar-refractivity contribution is -0.127. The molecule has 1 N–H and O–H groups in total. The van der Waals surface area contributed by atoms with Gasteiger partial charge in [-0.1, -0.05) is 29.4 Å². The van der Waals surface area contributed by atoms with Crippen LogP contribution in [0.3, 0.4) is 0 Å². The molecule has 0 unspecified atom stereocenters. The average molecular weight is 434 g/mol. The molecule has 0 spiro atoms. The summed E-state index contributed by atoms with van der Waals surface area (Å²) in [7, 11) is 1.65. The number of amides is 1. The van der Waals surface area contributed by atoms with E-state index in [0.717, 1.165) is 11.3 Å². The van der Waals surface area contributed by atoms with E-state index < -0.39 is 5.97 Å². The standard InChI is InChI=1S/C20H20ClN3O4S/c1-12-16(21)5-4-6-17(12)24-8-7-22-20(24)29-11-18(25)23(3)10-14-9-15(19(26)27)13(2)28-14/h4-9H,10-11H2,1-3H3,(H,26,27). The van der Waals surface area contributed by atoms with Gasteiger partial charge in [-0.15, -0.1) is 0 Å². The molecule has 0 saturated carbocycles. The summed E-state index contributed by atoms with van der Waals surface area (Å²) in [5.41, 5.74) is 1.94. The van der Waals surface area contributed by atoms with Crippen molar-refractivity contribution in [2.24, 2.45) is 0 Å². The van der Waals surface area contributed by atoms with Gasteiger partial charge in [0.2, 0.25) is 5.91 Å². The van der Waals surface area contributed by atoms with E-state index in [4.69, 9.17) is 21.1 Å². The molecular formula is C20H20ClN3O4S. The molecule has 3 aromatic rings. The number of aryl methyl sites for hydroxylation is 1. The minimum absolute atomic E-state index is 0.106. The van der Waals surface area contributed by atoms with E-state index in [1.54, 1.807) is 20.2 Å². The zero-order chi connectivity index (χ0) is 21.1. The van der Waals surface area contributed by atoms with Crippen molar-refractivity contribution in [3.8, 4) is 5.69 Å². The first-order chi connectivity index (χ1) is 13.8. The lowest BCUT2D eigenvalue weighted by atomic mass is 10.2. The Kier molecular flexibility index (Phi) is 6.34. The van der Waals surface area contributed by atoms with Crippen molar-refractivity contribution in [1.29, 1.82) is 0 Å². The third-order valence-electron chi connectivity index (χ3n) is 4.45. The Hall–Kier alpha value is -2.71. The zero-order valence-electron chi connectivity index (χ0n) is 16.2. The largest absolute Gasteiger partial charge is 0.478 e. The first-order valence-electron chi connectivity index (χ1n) is 8.76. The summed E-state index contributed by atoms with van der Waals surface area (Å²) in [5, 5.41) is 10.5. The number of rotatable bonds is 7. The second kappa shape index (κ2) is 8.75. The van der Waals surface area contributed by atoms with Crippen LogP contribution in [0.2, 0.25) is 5.02 Å². The minimum Gasteiger partial charge on any atom is -0.478 e. The summed E-state index contributed by atoms with van der Waals surface area (Å²) in [5.74, 6) is -0.250. The maximum absolute atomic E-state index is 12.5. The second-order valence-corrected chi connectivity index (χ2v) is 7.84. The molecule has 3 rings (SSSR count). The van der Waals surface area contributed by atoms with Crippen molar-refractivity contribution >= 4 is 35.2 Å². The summed E-state index contributed by atoms with van der Waals surface area (Å²) >= 11 is 7.53. The van der Waals surface area contributed by atoms with Crippen molar-refractivity contribution in [1.82, 2.24) is 14.5 Å². The average Bonchev–Trinajstić information content (AvgIpc) is 3.28. The molecule has 7 nitrogen and oxygen atoms in total. The third-order valence-corrected chi connectivity index (χ3v) is 5.81. The van der Waals surface area contributed by atoms with E-state index in [1.807, 2.05) is 35.9 Å². The van der Waals surface area contributed by atoms with Crippen molar-refractivity contribution in [2.45, 2.75) is 25.5 Å². The molecule has 29 heavy (non-hydrogen) atoms. The van der Waals surface area contributed by atoms with Gasteiger partial charge in [0, 0.05) is 24.5 Å². The number of aromatic carboxylic acids is 1. The van der Waals surface area contributed by atoms with Gasteiger partial charge in [0.15, 0.2) is 5.16 Å². The van der Waals surface area contributed by atoms with E-state index in [0.29, 0.717) is 21.7 Å². The number of carbonyl (C=O) groups is 2. The van der Waals surface area contributed by atoms with Crippen molar-refractivity contribution < 1.29 is 19.1 Å². The smallest absolute Gasteiger partial charge is 0.339 e. The topological polar surface area (TPSA) is 88.6 Å². The van der Waals surface area contributed by atoms with Crippen LogP contribution in [-0.2, 0) is 11.3 Å². The lowest BCUT2D eigenvalue weighted by Gasteiger charge is -2.16. The predicted octanol–water partition coefficient (Wildman–Crippen LogP) is 4.18. The molecule has 1 amide bonds. The number of halogens is 1. The number of carboxylic acids is 1. The molecule has 9 heteroatoms. The molecule has 0 aliphatic heterocycles. The maximum atomic E-state index is 12.5. The van der Waals surface area contributed by atoms with Crippen LogP contribution in [0.5, 0.6) is 0 Å². The number of imidazole rings is 1. The predicted molar refractivity (Wildman–Crippen MR) is 111 cm³/mol. The van der Waals surface area contributed by atoms with Crippen LogP contribution in [-0.4, -0.2) is 44.2 Å². The fourth-order valence-corrected chi connectivity index (χ4v) is 3.91. The van der Waals surface area contributed by atoms with Crippen LogP contribution in [0.25, 0.3) is 5.69 Å². The number of carbonyl (C=O) groups excluding carboxylic acids is 1. The van der Waals surface area contributed by atoms with Crippen LogP contribution in [0, 0.1) is 13.8 Å². The Bertz CT molecular complexity index is 1060. The highest BCUT2D eigenvalue weighted by Crippen LogP contribution is 2.27. The van der Waals surface area contributed by atoms with E-state index >= 15 is 0 Å². The summed E-state index contributed by atoms with van der Waals surface area (Å²) in [6.07, 6.45) is 3.50. The fourth-order valence-electron chi connectivity index (χ4n) is 2.83. The second-order valence-electron chi connectivity index (χ2n) is 6.49. The first-order valence-corrected chi connectivity index (χ1v) is 10.1. The quantitative estimate of drug-likeness (QED) is 0.562. The molecule has 0 aliphatic rings. The van der Waals surface area contributed by atoms with Gasteiger partial charge >= 0.3 is 5.97 Å². The van der Waals surface area contributed by atoms with E-state index in [9.17, 15) is 9.59 Å². The van der Waals surface area contributed by atoms with Crippen LogP contribution in [0.4, 0.5) is 0 Å². The Morgan fingerprint density at radius 1 is 1.34 bits per heavy atom. The molecule has 1 aromatic carbocycles. The molecule has 0 fully saturated rings. The Morgan fingerprint density at radius 2 is 2.10 bits per heavy atom. The highest BCUT2D eigenvalue weighted by molar-refractivity contribution is 7.99. The van der Waals surface area contributed by atoms with Gasteiger partial charge < -0.3 is 14.4 Å². The van der Waals surface area contributed by atoms with Crippen molar-refractivity contribution in [2.75, 3.05) is 12.8 Å². The van der Waals surface area contributed by atoms with Crippen LogP contribution >= 0.6 is 23.4 Å². The van der Waals surface area contributed by atoms with Crippen LogP contribution in [0.1, 0.15) is 27.4 Å². The summed E-state index contributed by atoms with van der Waals surface area (Å²) < 4.78 is 7.33. The SMILES string of the molecule is Cc1oc(CN(C)C(=O)CSc2nccn2-c2cccc(Cl)c2C)cc1C(=O)O. The maximum Gasteiger partial charge on any atom is 0.339 e. The van der Waals surface area contributed by atoms with Gasteiger partial charge in [0.25, 0.3) is 0 Å². The molecule has 152 valence electrons. The Morgan fingerprint density at radius 3 is 2.79 bits per heavy atom. The summed E-state index contributed by atoms with van der Waals surface area (Å²) in [6.45, 7) is 3.71. The summed E-state index contributed by atoms with van der Waals surface area (Å²) in [6, 6.07) is 7.09. The van der Waals surface area contributed by atoms with Gasteiger partial charge in [-0.25, -0.2) is 9.78 Å². The highest BCUT2D eigenvalue weighted by atomic mass is 35.5. The van der Waals surface area contributed by atoms with Crippen molar-refractivity contribution in [3.05, 3.63) is 64.3 Å². The zero-order valence-corrected chi connectivity index (χ0v) is 17.8. The minimum atomic E-state index is -1.05. The number of nitrogens with zero attached hydrogens (tertiary/aromatic N) is 3. The number of thioether (sulfide) groups is 1. The number of carboxylic acid groups (broad SMARTS) is 1. The number of aromatic nitrogens is 2. The monoisotopic (exact) mass is 433 g/mol. The van der Waals surface area contributed by atoms with E-state index in [1.165, 1.54) is 22.7 Å². The van der Waals surface area contributed by atoms with Crippen molar-refractivity contribution in [3.63, 3.8) is 0 Å². The number of furan rings is 1. The van der Waals surface area contributed by atoms with Gasteiger partial charge in [0.1, 0.15) is 17.1 Å². The van der Waals surface area contributed by atoms with Gasteiger partial charge in [-0.3, -0.25) is 9.36 Å². The molecule has 0 aliphatic carbocycles. The number of benzene rings is 1. The Balaban J connectivity index is 1.66. The molecule has 0 saturated heterocycles. The van der Waals surface area contributed by atoms with Gasteiger partial charge in [0.05, 0.1) is 18.0 Å². The molecule has 2 aromatic heterocycles. The number of hydrogen-bond donors (Lipinski definition) is 1. The molecule has 0 bridgehead atoms. The Labute approximate surface area is 177 Å². The summed E-state index contributed by atoms with van der Waals surface area (Å²) in [4.78, 5) is 29.5. The molecule has 2 heterocycles. The fraction of sp³-hybridized carbons (Fsp3) is 0.250. The molecular weight excluding hydrogens is 414 g/mol. The van der Waals surface area contributed by atoms with Gasteiger partial charge in [-0.2, -0.15) is 0 Å². The highest BCUT2D eigenvalue weighted by Gasteiger charge is 2.18. The van der Waals surface area contributed by atoms with Gasteiger partial charge in [-0.05, 0) is 37.6 Å². The normalized spacial score (nSPS) is 10.9. The first kappa shape index (κ1) is 21.0. The van der Waals surface area contributed by atoms with Crippen LogP contribution < -0.4 is 0 Å². The van der Waals surface area contributed by atoms with Crippen LogP contribution in [0.15, 0.2) is 46.2 Å². The van der Waals surface area contributed by atoms with E-state index in [2.05, 4.69) is 4.98 Å². The molecule has 0 radical (unpaired) electrons. The third kappa shape index (κ3) is 4.65. The van der Waals surface area contributed by atoms with E-state index in [-0.39, 0.29) is 23.8 Å². The number of hydrogen-bond acceptors (Lipinski definition) is 5. The molecule has 0 atom stereocenters. The lowest BCUT2D eigenvalue weighted by Crippen LogP contribution is -2.27.